The van der Waals surface area contributed by atoms with Gasteiger partial charge in [0.1, 0.15) is 0 Å². The molecule has 128 valence electrons. The lowest BCUT2D eigenvalue weighted by atomic mass is 10.1. The molecule has 0 saturated carbocycles. The number of nitrogens with one attached hydrogen (secondary N) is 1. The number of carbonyl (C=O) groups is 1. The minimum absolute atomic E-state index is 0.0295. The van der Waals surface area contributed by atoms with Gasteiger partial charge in [-0.1, -0.05) is 11.6 Å². The van der Waals surface area contributed by atoms with Crippen LogP contribution in [0.5, 0.6) is 0 Å². The number of aryl methyl sites for hydroxylation is 1. The van der Waals surface area contributed by atoms with Crippen LogP contribution in [0.25, 0.3) is 10.9 Å². The van der Waals surface area contributed by atoms with Gasteiger partial charge in [-0.15, -0.1) is 0 Å². The monoisotopic (exact) mass is 328 g/mol. The Morgan fingerprint density at radius 3 is 2.54 bits per heavy atom. The molecule has 1 fully saturated rings. The Kier molecular flexibility index (Phi) is 4.57. The number of amides is 2. The van der Waals surface area contributed by atoms with Crippen molar-refractivity contribution in [3.8, 4) is 0 Å². The molecule has 0 spiro atoms. The first-order valence-corrected chi connectivity index (χ1v) is 8.25. The summed E-state index contributed by atoms with van der Waals surface area (Å²) < 4.78 is 0. The van der Waals surface area contributed by atoms with Gasteiger partial charge < -0.3 is 14.8 Å². The highest BCUT2D eigenvalue weighted by Crippen LogP contribution is 2.15. The van der Waals surface area contributed by atoms with E-state index < -0.39 is 0 Å². The van der Waals surface area contributed by atoms with Crippen molar-refractivity contribution in [3.63, 3.8) is 0 Å². The standard InChI is InChI=1S/C18H24N4O2/c1-13-4-5-16-14(10-13)11-15(17(23)19-16)12-21-6-8-22(9-7-21)18(24)20(2)3/h4-5,10-11H,6-9,12H2,1-3H3,(H,19,23). The quantitative estimate of drug-likeness (QED) is 0.912. The second-order valence-electron chi connectivity index (χ2n) is 6.65. The van der Waals surface area contributed by atoms with Crippen molar-refractivity contribution in [1.29, 1.82) is 0 Å². The number of hydrogen-bond acceptors (Lipinski definition) is 3. The highest BCUT2D eigenvalue weighted by atomic mass is 16.2. The van der Waals surface area contributed by atoms with E-state index in [1.807, 2.05) is 30.0 Å². The van der Waals surface area contributed by atoms with E-state index in [1.54, 1.807) is 19.0 Å². The number of aromatic nitrogens is 1. The van der Waals surface area contributed by atoms with E-state index in [0.717, 1.165) is 29.6 Å². The van der Waals surface area contributed by atoms with E-state index in [2.05, 4.69) is 16.0 Å². The summed E-state index contributed by atoms with van der Waals surface area (Å²) in [5.74, 6) is 0. The number of pyridine rings is 1. The summed E-state index contributed by atoms with van der Waals surface area (Å²) in [6.07, 6.45) is 0. The Morgan fingerprint density at radius 1 is 1.17 bits per heavy atom. The van der Waals surface area contributed by atoms with Gasteiger partial charge >= 0.3 is 6.03 Å². The zero-order valence-electron chi connectivity index (χ0n) is 14.5. The van der Waals surface area contributed by atoms with Gasteiger partial charge in [0.05, 0.1) is 0 Å². The van der Waals surface area contributed by atoms with Gasteiger partial charge in [0.25, 0.3) is 5.56 Å². The van der Waals surface area contributed by atoms with Gasteiger partial charge in [0.2, 0.25) is 0 Å². The number of fused-ring (bicyclic) bond motifs is 1. The van der Waals surface area contributed by atoms with Crippen molar-refractivity contribution in [2.45, 2.75) is 13.5 Å². The maximum atomic E-state index is 12.3. The molecule has 1 aliphatic heterocycles. The molecule has 0 unspecified atom stereocenters. The summed E-state index contributed by atoms with van der Waals surface area (Å²) in [6, 6.07) is 8.06. The number of benzene rings is 1. The van der Waals surface area contributed by atoms with Crippen LogP contribution in [0.3, 0.4) is 0 Å². The Bertz CT molecular complexity index is 804. The highest BCUT2D eigenvalue weighted by molar-refractivity contribution is 5.79. The zero-order valence-corrected chi connectivity index (χ0v) is 14.5. The average Bonchev–Trinajstić information content (AvgIpc) is 2.56. The zero-order chi connectivity index (χ0) is 17.3. The van der Waals surface area contributed by atoms with Crippen LogP contribution in [0.1, 0.15) is 11.1 Å². The molecule has 6 heteroatoms. The number of nitrogens with zero attached hydrogens (tertiary/aromatic N) is 3. The maximum Gasteiger partial charge on any atom is 0.319 e. The van der Waals surface area contributed by atoms with E-state index >= 15 is 0 Å². The Labute approximate surface area is 141 Å². The molecule has 1 aliphatic rings. The molecule has 1 aromatic heterocycles. The van der Waals surface area contributed by atoms with E-state index in [9.17, 15) is 9.59 Å². The maximum absolute atomic E-state index is 12.3. The second-order valence-corrected chi connectivity index (χ2v) is 6.65. The largest absolute Gasteiger partial charge is 0.331 e. The van der Waals surface area contributed by atoms with Gasteiger partial charge in [-0.25, -0.2) is 4.79 Å². The molecule has 2 amide bonds. The van der Waals surface area contributed by atoms with Crippen LogP contribution < -0.4 is 5.56 Å². The second kappa shape index (κ2) is 6.65. The van der Waals surface area contributed by atoms with Crippen molar-refractivity contribution < 1.29 is 4.79 Å². The summed E-state index contributed by atoms with van der Waals surface area (Å²) in [4.78, 5) is 32.9. The molecule has 0 atom stereocenters. The molecule has 1 N–H and O–H groups in total. The minimum Gasteiger partial charge on any atom is -0.331 e. The van der Waals surface area contributed by atoms with Crippen molar-refractivity contribution >= 4 is 16.9 Å². The average molecular weight is 328 g/mol. The smallest absolute Gasteiger partial charge is 0.319 e. The van der Waals surface area contributed by atoms with E-state index in [0.29, 0.717) is 19.6 Å². The fourth-order valence-corrected chi connectivity index (χ4v) is 3.11. The minimum atomic E-state index is -0.0295. The Balaban J connectivity index is 1.71. The number of aromatic amines is 1. The number of carbonyl (C=O) groups excluding carboxylic acids is 1. The molecule has 6 nitrogen and oxygen atoms in total. The van der Waals surface area contributed by atoms with Crippen molar-refractivity contribution in [2.24, 2.45) is 0 Å². The van der Waals surface area contributed by atoms with Crippen LogP contribution in [0.15, 0.2) is 29.1 Å². The number of H-pyrrole nitrogens is 1. The summed E-state index contributed by atoms with van der Waals surface area (Å²) in [6.45, 7) is 5.62. The fraction of sp³-hybridized carbons (Fsp3) is 0.444. The molecular formula is C18H24N4O2. The molecule has 1 saturated heterocycles. The summed E-state index contributed by atoms with van der Waals surface area (Å²) in [7, 11) is 3.54. The van der Waals surface area contributed by atoms with Gasteiger partial charge in [0.15, 0.2) is 0 Å². The van der Waals surface area contributed by atoms with Crippen LogP contribution in [0.2, 0.25) is 0 Å². The van der Waals surface area contributed by atoms with Crippen LogP contribution >= 0.6 is 0 Å². The normalized spacial score (nSPS) is 15.7. The van der Waals surface area contributed by atoms with Crippen molar-refractivity contribution in [1.82, 2.24) is 19.7 Å². The third-order valence-electron chi connectivity index (χ3n) is 4.50. The van der Waals surface area contributed by atoms with Crippen LogP contribution in [0.4, 0.5) is 4.79 Å². The summed E-state index contributed by atoms with van der Waals surface area (Å²) in [5.41, 5.74) is 2.80. The molecule has 3 rings (SSSR count). The van der Waals surface area contributed by atoms with Crippen LogP contribution in [-0.2, 0) is 6.54 Å². The SMILES string of the molecule is Cc1ccc2[nH]c(=O)c(CN3CCN(C(=O)N(C)C)CC3)cc2c1. The van der Waals surface area contributed by atoms with E-state index in [-0.39, 0.29) is 11.6 Å². The van der Waals surface area contributed by atoms with Crippen LogP contribution in [0, 0.1) is 6.92 Å². The van der Waals surface area contributed by atoms with Crippen LogP contribution in [-0.4, -0.2) is 66.0 Å². The lowest BCUT2D eigenvalue weighted by molar-refractivity contribution is 0.120. The molecular weight excluding hydrogens is 304 g/mol. The van der Waals surface area contributed by atoms with Crippen molar-refractivity contribution in [3.05, 3.63) is 45.7 Å². The van der Waals surface area contributed by atoms with E-state index in [1.165, 1.54) is 5.56 Å². The Hall–Kier alpha value is -2.34. The predicted molar refractivity (Wildman–Crippen MR) is 95.2 cm³/mol. The first-order valence-electron chi connectivity index (χ1n) is 8.25. The Morgan fingerprint density at radius 2 is 1.88 bits per heavy atom. The third-order valence-corrected chi connectivity index (χ3v) is 4.50. The first kappa shape index (κ1) is 16.5. The molecule has 0 aliphatic carbocycles. The number of hydrogen-bond donors (Lipinski definition) is 1. The van der Waals surface area contributed by atoms with Crippen molar-refractivity contribution in [2.75, 3.05) is 40.3 Å². The molecule has 1 aromatic carbocycles. The predicted octanol–water partition coefficient (Wildman–Crippen LogP) is 1.64. The van der Waals surface area contributed by atoms with Gasteiger partial charge in [-0.2, -0.15) is 0 Å². The lowest BCUT2D eigenvalue weighted by Crippen LogP contribution is -2.51. The summed E-state index contributed by atoms with van der Waals surface area (Å²) in [5, 5.41) is 1.06. The molecule has 2 aromatic rings. The number of piperazine rings is 1. The number of urea groups is 1. The molecule has 2 heterocycles. The fourth-order valence-electron chi connectivity index (χ4n) is 3.11. The third kappa shape index (κ3) is 3.43. The summed E-state index contributed by atoms with van der Waals surface area (Å²) >= 11 is 0. The van der Waals surface area contributed by atoms with Gasteiger partial charge in [-0.3, -0.25) is 9.69 Å². The van der Waals surface area contributed by atoms with Gasteiger partial charge in [-0.05, 0) is 30.5 Å². The molecule has 24 heavy (non-hydrogen) atoms. The lowest BCUT2D eigenvalue weighted by Gasteiger charge is -2.35. The highest BCUT2D eigenvalue weighted by Gasteiger charge is 2.22. The van der Waals surface area contributed by atoms with Gasteiger partial charge in [0, 0.05) is 57.9 Å². The molecule has 0 bridgehead atoms. The van der Waals surface area contributed by atoms with E-state index in [4.69, 9.17) is 0 Å². The number of rotatable bonds is 2. The topological polar surface area (TPSA) is 59.7 Å². The molecule has 0 radical (unpaired) electrons. The first-order chi connectivity index (χ1) is 11.4.